The molecule has 0 saturated carbocycles. The van der Waals surface area contributed by atoms with Gasteiger partial charge in [0.1, 0.15) is 5.75 Å². The molecule has 1 aromatic carbocycles. The van der Waals surface area contributed by atoms with E-state index in [2.05, 4.69) is 27.7 Å². The van der Waals surface area contributed by atoms with Crippen molar-refractivity contribution < 1.29 is 23.0 Å². The van der Waals surface area contributed by atoms with Gasteiger partial charge in [-0.25, -0.2) is 0 Å². The van der Waals surface area contributed by atoms with Crippen LogP contribution in [-0.4, -0.2) is 38.6 Å². The normalized spacial score (nSPS) is 13.3. The molecule has 330 valence electrons. The number of para-hydroxylation sites is 1. The fourth-order valence-corrected chi connectivity index (χ4v) is 8.41. The lowest BCUT2D eigenvalue weighted by Crippen LogP contribution is -2.18. The first-order valence-corrected chi connectivity index (χ1v) is 25.8. The van der Waals surface area contributed by atoms with Crippen molar-refractivity contribution in [2.75, 3.05) is 26.4 Å². The molecular formula is C50H95O5P. The maximum Gasteiger partial charge on any atom is 0.397 e. The zero-order valence-corrected chi connectivity index (χ0v) is 38.8. The van der Waals surface area contributed by atoms with Gasteiger partial charge in [-0.1, -0.05) is 226 Å². The van der Waals surface area contributed by atoms with Crippen molar-refractivity contribution in [1.29, 1.82) is 0 Å². The molecule has 0 aliphatic heterocycles. The lowest BCUT2D eigenvalue weighted by Gasteiger charge is -2.22. The molecule has 0 bridgehead atoms. The molecule has 0 aliphatic carbocycles. The molecule has 0 saturated heterocycles. The lowest BCUT2D eigenvalue weighted by atomic mass is 10.1. The highest BCUT2D eigenvalue weighted by Crippen LogP contribution is 2.41. The molecule has 1 rings (SSSR count). The molecule has 0 aromatic heterocycles. The Hall–Kier alpha value is -0.710. The van der Waals surface area contributed by atoms with E-state index in [1.54, 1.807) is 0 Å². The molecule has 0 fully saturated rings. The summed E-state index contributed by atoms with van der Waals surface area (Å²) in [5.74, 6) is 0.800. The topological polar surface area (TPSA) is 46.2 Å². The van der Waals surface area contributed by atoms with Crippen molar-refractivity contribution in [3.63, 3.8) is 0 Å². The van der Waals surface area contributed by atoms with Crippen LogP contribution in [0, 0.1) is 0 Å². The molecule has 5 nitrogen and oxygen atoms in total. The van der Waals surface area contributed by atoms with E-state index in [1.165, 1.54) is 180 Å². The first-order chi connectivity index (χ1) is 27.7. The Morgan fingerprint density at radius 2 is 0.679 bits per heavy atom. The van der Waals surface area contributed by atoms with Crippen LogP contribution >= 0.6 is 8.60 Å². The molecule has 0 spiro atoms. The van der Waals surface area contributed by atoms with Gasteiger partial charge in [-0.15, -0.1) is 0 Å². The first-order valence-electron chi connectivity index (χ1n) is 24.8. The van der Waals surface area contributed by atoms with Gasteiger partial charge in [0, 0.05) is 13.2 Å². The van der Waals surface area contributed by atoms with E-state index >= 15 is 0 Å². The van der Waals surface area contributed by atoms with Gasteiger partial charge in [-0.05, 0) is 50.7 Å². The number of unbranched alkanes of at least 4 members (excludes halogenated alkanes) is 26. The highest BCUT2D eigenvalue weighted by molar-refractivity contribution is 7.42. The summed E-state index contributed by atoms with van der Waals surface area (Å²) in [4.78, 5) is 0. The Morgan fingerprint density at radius 3 is 1.04 bits per heavy atom. The first kappa shape index (κ1) is 53.3. The minimum absolute atomic E-state index is 0.236. The summed E-state index contributed by atoms with van der Waals surface area (Å²) in [7, 11) is -1.51. The summed E-state index contributed by atoms with van der Waals surface area (Å²) in [6.45, 7) is 12.1. The monoisotopic (exact) mass is 807 g/mol. The fraction of sp³-hybridized carbons (Fsp3) is 0.880. The molecule has 56 heavy (non-hydrogen) atoms. The molecule has 2 unspecified atom stereocenters. The number of hydrogen-bond donors (Lipinski definition) is 0. The van der Waals surface area contributed by atoms with Gasteiger partial charge in [0.05, 0.1) is 25.4 Å². The zero-order chi connectivity index (χ0) is 40.3. The van der Waals surface area contributed by atoms with Crippen molar-refractivity contribution in [1.82, 2.24) is 0 Å². The van der Waals surface area contributed by atoms with Crippen LogP contribution in [0.25, 0.3) is 0 Å². The van der Waals surface area contributed by atoms with Gasteiger partial charge in [-0.2, -0.15) is 0 Å². The average molecular weight is 807 g/mol. The lowest BCUT2D eigenvalue weighted by molar-refractivity contribution is 0.0224. The van der Waals surface area contributed by atoms with Crippen LogP contribution in [0.5, 0.6) is 5.75 Å². The van der Waals surface area contributed by atoms with Crippen LogP contribution in [0.4, 0.5) is 0 Å². The summed E-state index contributed by atoms with van der Waals surface area (Å²) < 4.78 is 32.2. The number of benzene rings is 1. The Kier molecular flexibility index (Phi) is 41.7. The second kappa shape index (κ2) is 43.9. The van der Waals surface area contributed by atoms with E-state index in [-0.39, 0.29) is 12.2 Å². The van der Waals surface area contributed by atoms with Crippen LogP contribution in [0.1, 0.15) is 246 Å². The second-order valence-electron chi connectivity index (χ2n) is 16.6. The molecule has 2 atom stereocenters. The van der Waals surface area contributed by atoms with Crippen LogP contribution < -0.4 is 4.52 Å². The third kappa shape index (κ3) is 36.4. The third-order valence-electron chi connectivity index (χ3n) is 11.2. The van der Waals surface area contributed by atoms with Gasteiger partial charge in [0.15, 0.2) is 0 Å². The van der Waals surface area contributed by atoms with E-state index in [4.69, 9.17) is 23.0 Å². The Labute approximate surface area is 351 Å². The van der Waals surface area contributed by atoms with E-state index < -0.39 is 8.60 Å². The van der Waals surface area contributed by atoms with E-state index in [9.17, 15) is 0 Å². The highest BCUT2D eigenvalue weighted by Gasteiger charge is 2.19. The maximum absolute atomic E-state index is 6.53. The molecule has 6 heteroatoms. The highest BCUT2D eigenvalue weighted by atomic mass is 31.2. The van der Waals surface area contributed by atoms with Gasteiger partial charge in [0.2, 0.25) is 0 Å². The van der Waals surface area contributed by atoms with Crippen LogP contribution in [0.3, 0.4) is 0 Å². The Bertz CT molecular complexity index is 822. The van der Waals surface area contributed by atoms with Crippen molar-refractivity contribution in [3.8, 4) is 5.75 Å². The zero-order valence-electron chi connectivity index (χ0n) is 37.9. The van der Waals surface area contributed by atoms with Crippen LogP contribution in [0.2, 0.25) is 0 Å². The smallest absolute Gasteiger partial charge is 0.397 e. The van der Waals surface area contributed by atoms with Crippen LogP contribution in [-0.2, 0) is 18.5 Å². The summed E-state index contributed by atoms with van der Waals surface area (Å²) in [5.41, 5.74) is 0. The van der Waals surface area contributed by atoms with Crippen molar-refractivity contribution in [2.45, 2.75) is 258 Å². The molecule has 0 radical (unpaired) electrons. The van der Waals surface area contributed by atoms with Crippen LogP contribution in [0.15, 0.2) is 30.3 Å². The fourth-order valence-electron chi connectivity index (χ4n) is 7.43. The predicted octanol–water partition coefficient (Wildman–Crippen LogP) is 17.4. The van der Waals surface area contributed by atoms with Gasteiger partial charge >= 0.3 is 8.60 Å². The molecular weight excluding hydrogens is 712 g/mol. The Balaban J connectivity index is 2.63. The summed E-state index contributed by atoms with van der Waals surface area (Å²) in [5, 5.41) is 0. The quantitative estimate of drug-likeness (QED) is 0.0485. The molecule has 1 aromatic rings. The number of rotatable bonds is 46. The largest absolute Gasteiger partial charge is 0.427 e. The van der Waals surface area contributed by atoms with E-state index in [1.807, 2.05) is 30.3 Å². The SMILES string of the molecule is CCCCCCCCCCCOC(CCCCCCCC)CCOP(OCCC(CCCCCCCC)OCCCCCCCCCCC)Oc1ccccc1. The van der Waals surface area contributed by atoms with E-state index in [0.717, 1.165) is 57.5 Å². The molecule has 0 aliphatic rings. The Morgan fingerprint density at radius 1 is 0.357 bits per heavy atom. The van der Waals surface area contributed by atoms with Gasteiger partial charge in [-0.3, -0.25) is 0 Å². The minimum Gasteiger partial charge on any atom is -0.427 e. The third-order valence-corrected chi connectivity index (χ3v) is 12.3. The number of hydrogen-bond acceptors (Lipinski definition) is 5. The van der Waals surface area contributed by atoms with E-state index in [0.29, 0.717) is 13.2 Å². The summed E-state index contributed by atoms with van der Waals surface area (Å²) in [6, 6.07) is 10.0. The standard InChI is InChI=1S/C50H95O5P/c1-5-9-13-17-21-23-25-29-36-44-51-48(38-32-27-19-15-11-7-3)42-46-53-56(55-50-40-34-31-35-41-50)54-47-43-49(39-33-28-20-16-12-8-4)52-45-37-30-26-24-22-18-14-10-6-2/h31,34-35,40-41,48-49H,5-30,32-33,36-39,42-47H2,1-4H3. The van der Waals surface area contributed by atoms with Gasteiger partial charge < -0.3 is 23.0 Å². The van der Waals surface area contributed by atoms with Crippen molar-refractivity contribution >= 4 is 8.60 Å². The van der Waals surface area contributed by atoms with Gasteiger partial charge in [0.25, 0.3) is 0 Å². The predicted molar refractivity (Wildman–Crippen MR) is 245 cm³/mol. The molecule has 0 heterocycles. The van der Waals surface area contributed by atoms with Crippen molar-refractivity contribution in [2.24, 2.45) is 0 Å². The maximum atomic E-state index is 6.53. The number of ether oxygens (including phenoxy) is 2. The molecule has 0 N–H and O–H groups in total. The summed E-state index contributed by atoms with van der Waals surface area (Å²) >= 11 is 0. The van der Waals surface area contributed by atoms with Crippen molar-refractivity contribution in [3.05, 3.63) is 30.3 Å². The average Bonchev–Trinajstić information content (AvgIpc) is 3.21. The minimum atomic E-state index is -1.51. The second-order valence-corrected chi connectivity index (χ2v) is 17.8. The molecule has 0 amide bonds. The summed E-state index contributed by atoms with van der Waals surface area (Å²) in [6.07, 6.45) is 44.3.